The Labute approximate surface area is 89.2 Å². The molecule has 0 aromatic heterocycles. The van der Waals surface area contributed by atoms with Crippen molar-refractivity contribution in [2.75, 3.05) is 0 Å². The fraction of sp³-hybridized carbons (Fsp3) is 0.636. The van der Waals surface area contributed by atoms with E-state index in [1.165, 1.54) is 0 Å². The van der Waals surface area contributed by atoms with Crippen LogP contribution in [-0.2, 0) is 19.1 Å². The smallest absolute Gasteiger partial charge is 0.306 e. The van der Waals surface area contributed by atoms with Crippen LogP contribution < -0.4 is 0 Å². The van der Waals surface area contributed by atoms with Crippen LogP contribution in [0.1, 0.15) is 33.1 Å². The van der Waals surface area contributed by atoms with Crippen LogP contribution in [0.2, 0.25) is 0 Å². The quantitative estimate of drug-likeness (QED) is 0.524. The van der Waals surface area contributed by atoms with Gasteiger partial charge in [0.25, 0.3) is 0 Å². The molecule has 0 saturated carbocycles. The average molecular weight is 212 g/mol. The van der Waals surface area contributed by atoms with E-state index < -0.39 is 0 Å². The first-order chi connectivity index (χ1) is 7.15. The highest BCUT2D eigenvalue weighted by Gasteiger charge is 2.23. The molecular weight excluding hydrogens is 196 g/mol. The highest BCUT2D eigenvalue weighted by Crippen LogP contribution is 2.18. The topological polar surface area (TPSA) is 52.6 Å². The highest BCUT2D eigenvalue weighted by molar-refractivity contribution is 5.70. The van der Waals surface area contributed by atoms with Crippen molar-refractivity contribution in [2.24, 2.45) is 0 Å². The Morgan fingerprint density at radius 2 is 1.47 bits per heavy atom. The van der Waals surface area contributed by atoms with Crippen molar-refractivity contribution in [1.29, 1.82) is 0 Å². The number of rotatable bonds is 4. The van der Waals surface area contributed by atoms with Gasteiger partial charge in [0.1, 0.15) is 12.2 Å². The molecule has 0 spiro atoms. The van der Waals surface area contributed by atoms with E-state index >= 15 is 0 Å². The van der Waals surface area contributed by atoms with E-state index in [1.807, 2.05) is 0 Å². The van der Waals surface area contributed by atoms with E-state index in [9.17, 15) is 9.59 Å². The summed E-state index contributed by atoms with van der Waals surface area (Å²) >= 11 is 0. The van der Waals surface area contributed by atoms with Crippen molar-refractivity contribution in [1.82, 2.24) is 0 Å². The molecule has 0 amide bonds. The molecule has 0 bridgehead atoms. The Balaban J connectivity index is 2.31. The van der Waals surface area contributed by atoms with Crippen molar-refractivity contribution >= 4 is 11.9 Å². The zero-order valence-electron chi connectivity index (χ0n) is 9.06. The lowest BCUT2D eigenvalue weighted by molar-refractivity contribution is -0.149. The summed E-state index contributed by atoms with van der Waals surface area (Å²) < 4.78 is 10.2. The molecule has 0 N–H and O–H groups in total. The van der Waals surface area contributed by atoms with E-state index in [0.717, 1.165) is 0 Å². The van der Waals surface area contributed by atoms with Crippen LogP contribution in [0.5, 0.6) is 0 Å². The van der Waals surface area contributed by atoms with Gasteiger partial charge in [-0.05, 0) is 12.2 Å². The minimum Gasteiger partial charge on any atom is -0.458 e. The fourth-order valence-corrected chi connectivity index (χ4v) is 1.31. The van der Waals surface area contributed by atoms with Gasteiger partial charge >= 0.3 is 11.9 Å². The molecule has 4 heteroatoms. The van der Waals surface area contributed by atoms with E-state index in [1.54, 1.807) is 26.0 Å². The number of ether oxygens (including phenoxy) is 2. The first-order valence-electron chi connectivity index (χ1n) is 5.23. The van der Waals surface area contributed by atoms with E-state index in [2.05, 4.69) is 0 Å². The van der Waals surface area contributed by atoms with Gasteiger partial charge in [0.15, 0.2) is 0 Å². The van der Waals surface area contributed by atoms with Gasteiger partial charge in [0, 0.05) is 19.3 Å². The summed E-state index contributed by atoms with van der Waals surface area (Å²) in [6.07, 6.45) is 4.31. The second kappa shape index (κ2) is 5.53. The molecule has 0 aliphatic heterocycles. The zero-order chi connectivity index (χ0) is 11.3. The lowest BCUT2D eigenvalue weighted by Gasteiger charge is -2.13. The van der Waals surface area contributed by atoms with Crippen LogP contribution in [0.4, 0.5) is 0 Å². The molecule has 1 aliphatic rings. The Hall–Kier alpha value is -1.32. The highest BCUT2D eigenvalue weighted by atomic mass is 16.6. The van der Waals surface area contributed by atoms with Gasteiger partial charge in [-0.25, -0.2) is 0 Å². The van der Waals surface area contributed by atoms with Crippen LogP contribution in [0.3, 0.4) is 0 Å². The molecule has 4 nitrogen and oxygen atoms in total. The maximum atomic E-state index is 11.0. The summed E-state index contributed by atoms with van der Waals surface area (Å²) in [4.78, 5) is 22.0. The van der Waals surface area contributed by atoms with Gasteiger partial charge < -0.3 is 9.47 Å². The van der Waals surface area contributed by atoms with Crippen molar-refractivity contribution in [2.45, 2.75) is 45.3 Å². The molecule has 15 heavy (non-hydrogen) atoms. The van der Waals surface area contributed by atoms with Crippen LogP contribution in [-0.4, -0.2) is 24.1 Å². The predicted octanol–water partition coefficient (Wildman–Crippen LogP) is 1.59. The normalized spacial score (nSPS) is 23.9. The van der Waals surface area contributed by atoms with Crippen LogP contribution in [0.25, 0.3) is 0 Å². The Bertz CT molecular complexity index is 244. The molecule has 1 rings (SSSR count). The summed E-state index contributed by atoms with van der Waals surface area (Å²) in [6, 6.07) is 0. The van der Waals surface area contributed by atoms with E-state index in [4.69, 9.17) is 9.47 Å². The largest absolute Gasteiger partial charge is 0.458 e. The molecule has 0 heterocycles. The van der Waals surface area contributed by atoms with Crippen molar-refractivity contribution in [3.63, 3.8) is 0 Å². The van der Waals surface area contributed by atoms with Gasteiger partial charge in [-0.3, -0.25) is 9.59 Å². The molecule has 1 aliphatic carbocycles. The fourth-order valence-electron chi connectivity index (χ4n) is 1.31. The van der Waals surface area contributed by atoms with Crippen molar-refractivity contribution in [3.8, 4) is 0 Å². The van der Waals surface area contributed by atoms with Crippen LogP contribution >= 0.6 is 0 Å². The second-order valence-electron chi connectivity index (χ2n) is 3.38. The third-order valence-electron chi connectivity index (χ3n) is 2.15. The van der Waals surface area contributed by atoms with Crippen molar-refractivity contribution in [3.05, 3.63) is 12.2 Å². The number of hydrogen-bond donors (Lipinski definition) is 0. The Morgan fingerprint density at radius 3 is 1.80 bits per heavy atom. The van der Waals surface area contributed by atoms with Crippen molar-refractivity contribution < 1.29 is 19.1 Å². The summed E-state index contributed by atoms with van der Waals surface area (Å²) in [5.74, 6) is -0.459. The van der Waals surface area contributed by atoms with Gasteiger partial charge in [0.05, 0.1) is 0 Å². The standard InChI is InChI=1S/C11H16O4/c1-3-10(12)14-8-5-6-9(7-8)15-11(13)4-2/h5-6,8-9H,3-4,7H2,1-2H3. The summed E-state index contributed by atoms with van der Waals surface area (Å²) in [7, 11) is 0. The van der Waals surface area contributed by atoms with E-state index in [-0.39, 0.29) is 24.1 Å². The third-order valence-corrected chi connectivity index (χ3v) is 2.15. The number of hydrogen-bond acceptors (Lipinski definition) is 4. The SMILES string of the molecule is CCC(=O)OC1C=CC(OC(=O)CC)C1. The number of carbonyl (C=O) groups excluding carboxylic acids is 2. The lowest BCUT2D eigenvalue weighted by atomic mass is 10.3. The lowest BCUT2D eigenvalue weighted by Crippen LogP contribution is -2.19. The van der Waals surface area contributed by atoms with Gasteiger partial charge in [-0.2, -0.15) is 0 Å². The summed E-state index contributed by atoms with van der Waals surface area (Å²) in [5.41, 5.74) is 0. The Kier molecular flexibility index (Phi) is 4.34. The van der Waals surface area contributed by atoms with Gasteiger partial charge in [0.2, 0.25) is 0 Å². The zero-order valence-corrected chi connectivity index (χ0v) is 9.06. The minimum atomic E-state index is -0.243. The molecular formula is C11H16O4. The summed E-state index contributed by atoms with van der Waals surface area (Å²) in [6.45, 7) is 3.49. The summed E-state index contributed by atoms with van der Waals surface area (Å²) in [5, 5.41) is 0. The minimum absolute atomic E-state index is 0.230. The molecule has 0 aromatic carbocycles. The number of esters is 2. The predicted molar refractivity (Wildman–Crippen MR) is 54.1 cm³/mol. The first-order valence-corrected chi connectivity index (χ1v) is 5.23. The maximum absolute atomic E-state index is 11.0. The molecule has 0 radical (unpaired) electrons. The van der Waals surface area contributed by atoms with Crippen LogP contribution in [0.15, 0.2) is 12.2 Å². The molecule has 2 unspecified atom stereocenters. The van der Waals surface area contributed by atoms with E-state index in [0.29, 0.717) is 19.3 Å². The van der Waals surface area contributed by atoms with Gasteiger partial charge in [-0.1, -0.05) is 13.8 Å². The van der Waals surface area contributed by atoms with Crippen LogP contribution in [0, 0.1) is 0 Å². The molecule has 0 aromatic rings. The molecule has 2 atom stereocenters. The Morgan fingerprint density at radius 1 is 1.07 bits per heavy atom. The van der Waals surface area contributed by atoms with Gasteiger partial charge in [-0.15, -0.1) is 0 Å². The third kappa shape index (κ3) is 3.73. The second-order valence-corrected chi connectivity index (χ2v) is 3.38. The molecule has 0 fully saturated rings. The monoisotopic (exact) mass is 212 g/mol. The molecule has 84 valence electrons. The number of carbonyl (C=O) groups is 2. The maximum Gasteiger partial charge on any atom is 0.306 e. The first kappa shape index (κ1) is 11.8. The average Bonchev–Trinajstić information content (AvgIpc) is 2.65. The molecule has 0 saturated heterocycles.